The van der Waals surface area contributed by atoms with E-state index in [1.165, 1.54) is 12.1 Å². The molecule has 0 aromatic heterocycles. The summed E-state index contributed by atoms with van der Waals surface area (Å²) in [5.41, 5.74) is 1.93. The summed E-state index contributed by atoms with van der Waals surface area (Å²) in [6, 6.07) is 2.56. The minimum atomic E-state index is -0.600. The molecule has 0 radical (unpaired) electrons. The van der Waals surface area contributed by atoms with Crippen LogP contribution in [0.1, 0.15) is 0 Å². The second-order valence-corrected chi connectivity index (χ2v) is 2.94. The summed E-state index contributed by atoms with van der Waals surface area (Å²) in [6.45, 7) is 0. The van der Waals surface area contributed by atoms with Gasteiger partial charge >= 0.3 is 0 Å². The zero-order chi connectivity index (χ0) is 10.0. The zero-order valence-corrected chi connectivity index (χ0v) is 7.76. The fraction of sp³-hybridized carbons (Fsp3) is 0. The molecule has 0 unspecified atom stereocenters. The van der Waals surface area contributed by atoms with Crippen molar-refractivity contribution in [2.45, 2.75) is 0 Å². The van der Waals surface area contributed by atoms with Crippen molar-refractivity contribution in [1.29, 1.82) is 0 Å². The van der Waals surface area contributed by atoms with E-state index in [0.717, 1.165) is 0 Å². The van der Waals surface area contributed by atoms with E-state index in [9.17, 15) is 10.1 Å². The fourth-order valence-corrected chi connectivity index (χ4v) is 1.20. The van der Waals surface area contributed by atoms with Crippen LogP contribution in [0, 0.1) is 10.1 Å². The Labute approximate surface area is 83.6 Å². The van der Waals surface area contributed by atoms with Crippen LogP contribution in [0.2, 0.25) is 10.0 Å². The first-order valence-electron chi connectivity index (χ1n) is 3.17. The molecule has 70 valence electrons. The zero-order valence-electron chi connectivity index (χ0n) is 6.25. The molecule has 1 aromatic carbocycles. The van der Waals surface area contributed by atoms with Gasteiger partial charge in [-0.15, -0.1) is 0 Å². The van der Waals surface area contributed by atoms with Gasteiger partial charge in [0.2, 0.25) is 0 Å². The van der Waals surface area contributed by atoms with Gasteiger partial charge in [0, 0.05) is 6.07 Å². The van der Waals surface area contributed by atoms with E-state index in [0.29, 0.717) is 0 Å². The van der Waals surface area contributed by atoms with E-state index in [1.54, 1.807) is 0 Å². The van der Waals surface area contributed by atoms with Gasteiger partial charge in [0.1, 0.15) is 5.69 Å². The molecular formula is C6H5Cl2N3O2. The number of benzene rings is 1. The summed E-state index contributed by atoms with van der Waals surface area (Å²) in [5.74, 6) is 5.06. The number of nitrogen functional groups attached to an aromatic ring is 1. The van der Waals surface area contributed by atoms with E-state index >= 15 is 0 Å². The summed E-state index contributed by atoms with van der Waals surface area (Å²) < 4.78 is 0. The van der Waals surface area contributed by atoms with Crippen molar-refractivity contribution in [2.75, 3.05) is 5.43 Å². The van der Waals surface area contributed by atoms with E-state index in [-0.39, 0.29) is 21.4 Å². The second kappa shape index (κ2) is 3.78. The average Bonchev–Trinajstić information content (AvgIpc) is 2.09. The predicted octanol–water partition coefficient (Wildman–Crippen LogP) is 2.19. The third-order valence-electron chi connectivity index (χ3n) is 1.41. The lowest BCUT2D eigenvalue weighted by Crippen LogP contribution is -2.09. The Morgan fingerprint density at radius 1 is 1.46 bits per heavy atom. The van der Waals surface area contributed by atoms with Crippen molar-refractivity contribution in [3.8, 4) is 0 Å². The van der Waals surface area contributed by atoms with Crippen molar-refractivity contribution in [1.82, 2.24) is 0 Å². The van der Waals surface area contributed by atoms with Crippen molar-refractivity contribution in [3.05, 3.63) is 32.3 Å². The Kier molecular flexibility index (Phi) is 2.92. The normalized spacial score (nSPS) is 9.77. The number of nitro benzene ring substituents is 1. The molecule has 0 aliphatic rings. The van der Waals surface area contributed by atoms with Crippen LogP contribution < -0.4 is 11.3 Å². The van der Waals surface area contributed by atoms with Crippen LogP contribution in [-0.2, 0) is 0 Å². The number of nitrogens with one attached hydrogen (secondary N) is 1. The molecule has 0 aliphatic heterocycles. The van der Waals surface area contributed by atoms with Crippen LogP contribution in [0.15, 0.2) is 12.1 Å². The van der Waals surface area contributed by atoms with E-state index in [4.69, 9.17) is 29.0 Å². The van der Waals surface area contributed by atoms with Gasteiger partial charge in [0.15, 0.2) is 0 Å². The maximum absolute atomic E-state index is 10.5. The van der Waals surface area contributed by atoms with Gasteiger partial charge in [-0.2, -0.15) is 0 Å². The Hall–Kier alpha value is -1.04. The standard InChI is InChI=1S/C6H5Cl2N3O2/c7-3-1-2-4(11(12)13)6(10-9)5(3)8/h1-2,10H,9H2. The topological polar surface area (TPSA) is 81.2 Å². The van der Waals surface area contributed by atoms with Gasteiger partial charge in [-0.05, 0) is 6.07 Å². The Morgan fingerprint density at radius 3 is 2.54 bits per heavy atom. The van der Waals surface area contributed by atoms with Gasteiger partial charge < -0.3 is 5.43 Å². The molecule has 0 saturated carbocycles. The lowest BCUT2D eigenvalue weighted by atomic mass is 10.3. The molecule has 7 heteroatoms. The number of hydrogen-bond acceptors (Lipinski definition) is 4. The maximum atomic E-state index is 10.5. The summed E-state index contributed by atoms with van der Waals surface area (Å²) in [7, 11) is 0. The highest BCUT2D eigenvalue weighted by Gasteiger charge is 2.17. The van der Waals surface area contributed by atoms with Crippen LogP contribution in [0.5, 0.6) is 0 Å². The Bertz CT molecular complexity index is 356. The summed E-state index contributed by atoms with van der Waals surface area (Å²) in [5, 5.41) is 10.7. The predicted molar refractivity (Wildman–Crippen MR) is 50.9 cm³/mol. The third-order valence-corrected chi connectivity index (χ3v) is 2.22. The number of anilines is 1. The Balaban J connectivity index is 3.38. The van der Waals surface area contributed by atoms with Gasteiger partial charge in [-0.25, -0.2) is 0 Å². The second-order valence-electron chi connectivity index (χ2n) is 2.16. The molecule has 0 saturated heterocycles. The molecule has 0 heterocycles. The Morgan fingerprint density at radius 2 is 2.08 bits per heavy atom. The van der Waals surface area contributed by atoms with Crippen molar-refractivity contribution < 1.29 is 4.92 Å². The first kappa shape index (κ1) is 10.0. The van der Waals surface area contributed by atoms with E-state index in [1.807, 2.05) is 0 Å². The molecule has 1 rings (SSSR count). The minimum absolute atomic E-state index is 0.0131. The van der Waals surface area contributed by atoms with Crippen LogP contribution >= 0.6 is 23.2 Å². The van der Waals surface area contributed by atoms with Crippen molar-refractivity contribution in [2.24, 2.45) is 5.84 Å². The smallest absolute Gasteiger partial charge is 0.295 e. The molecular weight excluding hydrogens is 217 g/mol. The molecule has 13 heavy (non-hydrogen) atoms. The molecule has 3 N–H and O–H groups in total. The van der Waals surface area contributed by atoms with Crippen LogP contribution in [0.4, 0.5) is 11.4 Å². The number of hydrogen-bond donors (Lipinski definition) is 2. The lowest BCUT2D eigenvalue weighted by molar-refractivity contribution is -0.383. The molecule has 0 aliphatic carbocycles. The van der Waals surface area contributed by atoms with Crippen LogP contribution in [-0.4, -0.2) is 4.92 Å². The highest BCUT2D eigenvalue weighted by Crippen LogP contribution is 2.36. The minimum Gasteiger partial charge on any atom is -0.317 e. The average molecular weight is 222 g/mol. The maximum Gasteiger partial charge on any atom is 0.295 e. The number of nitrogens with zero attached hydrogens (tertiary/aromatic N) is 1. The molecule has 0 atom stereocenters. The number of hydrazine groups is 1. The van der Waals surface area contributed by atoms with Gasteiger partial charge in [0.05, 0.1) is 15.0 Å². The molecule has 1 aromatic rings. The third kappa shape index (κ3) is 1.82. The van der Waals surface area contributed by atoms with Crippen LogP contribution in [0.3, 0.4) is 0 Å². The largest absolute Gasteiger partial charge is 0.317 e. The first-order chi connectivity index (χ1) is 6.07. The van der Waals surface area contributed by atoms with Crippen LogP contribution in [0.25, 0.3) is 0 Å². The summed E-state index contributed by atoms with van der Waals surface area (Å²) >= 11 is 11.3. The number of rotatable bonds is 2. The number of nitrogens with two attached hydrogens (primary N) is 1. The number of nitro groups is 1. The lowest BCUT2D eigenvalue weighted by Gasteiger charge is -2.04. The molecule has 0 fully saturated rings. The van der Waals surface area contributed by atoms with Gasteiger partial charge in [-0.3, -0.25) is 16.0 Å². The summed E-state index contributed by atoms with van der Waals surface area (Å²) in [4.78, 5) is 9.85. The monoisotopic (exact) mass is 221 g/mol. The van der Waals surface area contributed by atoms with Crippen molar-refractivity contribution in [3.63, 3.8) is 0 Å². The summed E-state index contributed by atoms with van der Waals surface area (Å²) in [6.07, 6.45) is 0. The SMILES string of the molecule is NNc1c([N+](=O)[O-])ccc(Cl)c1Cl. The molecule has 5 nitrogen and oxygen atoms in total. The van der Waals surface area contributed by atoms with Crippen molar-refractivity contribution >= 4 is 34.6 Å². The molecule has 0 amide bonds. The quantitative estimate of drug-likeness (QED) is 0.456. The van der Waals surface area contributed by atoms with Gasteiger partial charge in [-0.1, -0.05) is 23.2 Å². The fourth-order valence-electron chi connectivity index (χ4n) is 0.830. The highest BCUT2D eigenvalue weighted by molar-refractivity contribution is 6.44. The number of halogens is 2. The van der Waals surface area contributed by atoms with Gasteiger partial charge in [0.25, 0.3) is 5.69 Å². The molecule has 0 bridgehead atoms. The van der Waals surface area contributed by atoms with E-state index in [2.05, 4.69) is 5.43 Å². The highest BCUT2D eigenvalue weighted by atomic mass is 35.5. The van der Waals surface area contributed by atoms with E-state index < -0.39 is 4.92 Å². The molecule has 0 spiro atoms. The first-order valence-corrected chi connectivity index (χ1v) is 3.92.